The van der Waals surface area contributed by atoms with Crippen LogP contribution in [0.1, 0.15) is 226 Å². The minimum atomic E-state index is -4.95. The van der Waals surface area contributed by atoms with Crippen LogP contribution in [0.5, 0.6) is 0 Å². The molecule has 5 unspecified atom stereocenters. The van der Waals surface area contributed by atoms with Crippen molar-refractivity contribution in [1.82, 2.24) is 0 Å². The van der Waals surface area contributed by atoms with Gasteiger partial charge >= 0.3 is 33.6 Å². The van der Waals surface area contributed by atoms with E-state index in [1.807, 2.05) is 0 Å². The highest BCUT2D eigenvalue weighted by Gasteiger charge is 2.29. The van der Waals surface area contributed by atoms with Crippen LogP contribution in [0.2, 0.25) is 0 Å². The van der Waals surface area contributed by atoms with Gasteiger partial charge in [0.1, 0.15) is 25.4 Å². The van der Waals surface area contributed by atoms with E-state index in [4.69, 9.17) is 32.3 Å². The lowest BCUT2D eigenvalue weighted by Gasteiger charge is -2.21. The number of carbonyl (C=O) groups is 3. The molecule has 0 saturated carbocycles. The Balaban J connectivity index is 4.82. The Morgan fingerprint density at radius 3 is 0.863 bits per heavy atom. The fourth-order valence-corrected chi connectivity index (χ4v) is 9.94. The Labute approximate surface area is 573 Å². The van der Waals surface area contributed by atoms with Gasteiger partial charge in [-0.15, -0.1) is 0 Å². The third-order valence-corrected chi connectivity index (χ3v) is 15.5. The van der Waals surface area contributed by atoms with E-state index in [9.17, 15) is 43.5 Å². The molecule has 4 N–H and O–H groups in total. The van der Waals surface area contributed by atoms with Crippen molar-refractivity contribution in [2.24, 2.45) is 0 Å². The highest BCUT2D eigenvalue weighted by molar-refractivity contribution is 7.47. The molecular formula is C77H122O16P2. The second-order valence-corrected chi connectivity index (χ2v) is 25.4. The lowest BCUT2D eigenvalue weighted by Crippen LogP contribution is -2.30. The standard InChI is InChI=1S/C77H122O16P2/c1-4-7-10-13-16-19-22-25-28-31-34-35-38-40-42-45-48-51-54-57-60-63-75(80)87-66-72(78)67-89-94(83,84)90-68-73(79)69-91-95(85,86)92-71-74(93-77(82)65-62-59-56-53-50-47-44-41-37-33-30-27-24-21-18-15-12-9-6-3)70-88-76(81)64-61-58-55-52-49-46-43-39-36-32-29-26-23-20-17-14-11-8-5-2/h7-12,16-21,25-30,34-37,39-42,46,48-49,51,72-74,78-79H,4-6,13-15,22-24,31-33,38,43-45,47,50,52-71H2,1-3H3,(H,83,84)(H,85,86)/b10-7-,11-8-,12-9-,19-16-,20-17-,21-18-,28-25-,29-26-,30-27-,35-34-,39-36-,41-37-,42-40-,49-46-,51-48-. The fourth-order valence-electron chi connectivity index (χ4n) is 8.35. The third kappa shape index (κ3) is 69.8. The number of unbranched alkanes of at least 4 members (excludes halogenated alkanes) is 11. The quantitative estimate of drug-likeness (QED) is 0.0146. The molecule has 0 heterocycles. The monoisotopic (exact) mass is 1360 g/mol. The highest BCUT2D eigenvalue weighted by Crippen LogP contribution is 2.45. The van der Waals surface area contributed by atoms with Crippen LogP contribution in [0.25, 0.3) is 0 Å². The van der Waals surface area contributed by atoms with Gasteiger partial charge in [0.2, 0.25) is 0 Å². The van der Waals surface area contributed by atoms with Gasteiger partial charge in [-0.05, 0) is 154 Å². The largest absolute Gasteiger partial charge is 0.472 e. The van der Waals surface area contributed by atoms with Gasteiger partial charge in [0, 0.05) is 19.3 Å². The molecule has 0 aromatic rings. The SMILES string of the molecule is CC/C=C\C/C=C\C/C=C\C/C=C\C/C=C\C/C=C\CCCCC(=O)OCC(O)COP(=O)(O)OCC(O)COP(=O)(O)OCC(COC(=O)CCCCC/C=C\C/C=C\C/C=C\C/C=C\C/C=C\CC)OC(=O)CCCCCCCC/C=C\C/C=C\C/C=C\C/C=C\CC. The zero-order valence-electron chi connectivity index (χ0n) is 58.0. The fraction of sp³-hybridized carbons (Fsp3) is 0.571. The Bertz CT molecular complexity index is 2460. The van der Waals surface area contributed by atoms with E-state index in [-0.39, 0.29) is 19.3 Å². The van der Waals surface area contributed by atoms with Crippen LogP contribution in [0.3, 0.4) is 0 Å². The Morgan fingerprint density at radius 2 is 0.526 bits per heavy atom. The molecule has 0 aromatic heterocycles. The molecule has 0 aliphatic rings. The summed E-state index contributed by atoms with van der Waals surface area (Å²) >= 11 is 0. The van der Waals surface area contributed by atoms with E-state index in [0.717, 1.165) is 167 Å². The second-order valence-electron chi connectivity index (χ2n) is 22.5. The first-order valence-electron chi connectivity index (χ1n) is 35.1. The van der Waals surface area contributed by atoms with Gasteiger partial charge in [-0.25, -0.2) is 9.13 Å². The van der Waals surface area contributed by atoms with Crippen LogP contribution >= 0.6 is 15.6 Å². The molecule has 0 radical (unpaired) electrons. The second kappa shape index (κ2) is 68.6. The summed E-state index contributed by atoms with van der Waals surface area (Å²) in [5.41, 5.74) is 0. The van der Waals surface area contributed by atoms with E-state index < -0.39 is 91.5 Å². The van der Waals surface area contributed by atoms with E-state index >= 15 is 0 Å². The first-order valence-corrected chi connectivity index (χ1v) is 38.1. The molecule has 0 bridgehead atoms. The van der Waals surface area contributed by atoms with Crippen LogP contribution < -0.4 is 0 Å². The third-order valence-electron chi connectivity index (χ3n) is 13.6. The van der Waals surface area contributed by atoms with Crippen molar-refractivity contribution in [3.05, 3.63) is 182 Å². The van der Waals surface area contributed by atoms with Gasteiger partial charge in [0.25, 0.3) is 0 Å². The number of hydrogen-bond acceptors (Lipinski definition) is 14. The zero-order valence-corrected chi connectivity index (χ0v) is 59.8. The number of allylic oxidation sites excluding steroid dienone is 30. The van der Waals surface area contributed by atoms with Crippen molar-refractivity contribution in [1.29, 1.82) is 0 Å². The number of phosphoric acid groups is 2. The number of phosphoric ester groups is 2. The van der Waals surface area contributed by atoms with Crippen molar-refractivity contribution in [3.63, 3.8) is 0 Å². The first kappa shape index (κ1) is 89.6. The summed E-state index contributed by atoms with van der Waals surface area (Å²) in [4.78, 5) is 58.5. The molecule has 5 atom stereocenters. The molecular weight excluding hydrogens is 1240 g/mol. The van der Waals surface area contributed by atoms with Crippen molar-refractivity contribution in [2.75, 3.05) is 39.6 Å². The maximum absolute atomic E-state index is 13.0. The minimum Gasteiger partial charge on any atom is -0.463 e. The predicted octanol–water partition coefficient (Wildman–Crippen LogP) is 19.9. The van der Waals surface area contributed by atoms with Crippen LogP contribution in [-0.4, -0.2) is 95.9 Å². The number of rotatable bonds is 64. The predicted molar refractivity (Wildman–Crippen MR) is 389 cm³/mol. The van der Waals surface area contributed by atoms with Gasteiger partial charge < -0.3 is 34.2 Å². The van der Waals surface area contributed by atoms with Crippen molar-refractivity contribution < 1.29 is 75.8 Å². The zero-order chi connectivity index (χ0) is 69.5. The normalized spacial score (nSPS) is 15.2. The lowest BCUT2D eigenvalue weighted by atomic mass is 10.1. The molecule has 0 spiro atoms. The molecule has 0 aliphatic heterocycles. The van der Waals surface area contributed by atoms with Crippen molar-refractivity contribution >= 4 is 33.6 Å². The summed E-state index contributed by atoms with van der Waals surface area (Å²) in [6.45, 7) is 2.18. The first-order chi connectivity index (χ1) is 46.2. The molecule has 16 nitrogen and oxygen atoms in total. The number of ether oxygens (including phenoxy) is 3. The molecule has 95 heavy (non-hydrogen) atoms. The van der Waals surface area contributed by atoms with Crippen LogP contribution in [0.15, 0.2) is 182 Å². The summed E-state index contributed by atoms with van der Waals surface area (Å²) < 4.78 is 60.9. The molecule has 0 aromatic carbocycles. The van der Waals surface area contributed by atoms with E-state index in [0.29, 0.717) is 19.3 Å². The highest BCUT2D eigenvalue weighted by atomic mass is 31.2. The number of esters is 3. The lowest BCUT2D eigenvalue weighted by molar-refractivity contribution is -0.161. The van der Waals surface area contributed by atoms with Crippen LogP contribution in [0, 0.1) is 0 Å². The smallest absolute Gasteiger partial charge is 0.463 e. The van der Waals surface area contributed by atoms with Gasteiger partial charge in [-0.2, -0.15) is 0 Å². The molecule has 0 aliphatic carbocycles. The molecule has 18 heteroatoms. The summed E-state index contributed by atoms with van der Waals surface area (Å²) in [7, 11) is -9.83. The molecule has 536 valence electrons. The Hall–Kier alpha value is -5.35. The van der Waals surface area contributed by atoms with E-state index in [1.54, 1.807) is 0 Å². The minimum absolute atomic E-state index is 0.0713. The maximum atomic E-state index is 13.0. The average molecular weight is 1370 g/mol. The number of hydrogen-bond donors (Lipinski definition) is 4. The number of aliphatic hydroxyl groups excluding tert-OH is 2. The van der Waals surface area contributed by atoms with Gasteiger partial charge in [-0.1, -0.05) is 235 Å². The van der Waals surface area contributed by atoms with E-state index in [1.165, 1.54) is 0 Å². The molecule has 0 fully saturated rings. The van der Waals surface area contributed by atoms with Gasteiger partial charge in [0.05, 0.1) is 26.4 Å². The Kier molecular flexibility index (Phi) is 64.7. The summed E-state index contributed by atoms with van der Waals surface area (Å²) in [5.74, 6) is -1.69. The van der Waals surface area contributed by atoms with Crippen molar-refractivity contribution in [3.8, 4) is 0 Å². The van der Waals surface area contributed by atoms with Crippen LogP contribution in [-0.2, 0) is 55.8 Å². The van der Waals surface area contributed by atoms with Gasteiger partial charge in [0.15, 0.2) is 6.10 Å². The summed E-state index contributed by atoms with van der Waals surface area (Å²) in [6.07, 6.45) is 86.5. The molecule has 0 amide bonds. The summed E-state index contributed by atoms with van der Waals surface area (Å²) in [5, 5.41) is 20.6. The number of carbonyl (C=O) groups excluding carboxylic acids is 3. The number of aliphatic hydroxyl groups is 2. The molecule has 0 rings (SSSR count). The molecule has 0 saturated heterocycles. The summed E-state index contributed by atoms with van der Waals surface area (Å²) in [6, 6.07) is 0. The maximum Gasteiger partial charge on any atom is 0.472 e. The topological polar surface area (TPSA) is 231 Å². The Morgan fingerprint density at radius 1 is 0.295 bits per heavy atom. The average Bonchev–Trinajstić information content (AvgIpc) is 1.70. The van der Waals surface area contributed by atoms with Gasteiger partial charge in [-0.3, -0.25) is 32.5 Å². The van der Waals surface area contributed by atoms with E-state index in [2.05, 4.69) is 203 Å². The van der Waals surface area contributed by atoms with Crippen molar-refractivity contribution in [2.45, 2.75) is 245 Å². The van der Waals surface area contributed by atoms with Crippen LogP contribution in [0.4, 0.5) is 0 Å².